The predicted octanol–water partition coefficient (Wildman–Crippen LogP) is 3.32. The summed E-state index contributed by atoms with van der Waals surface area (Å²) in [5.41, 5.74) is 0.994. The van der Waals surface area contributed by atoms with Crippen molar-refractivity contribution in [2.75, 3.05) is 20.8 Å². The molecular weight excluding hydrogens is 444 g/mol. The van der Waals surface area contributed by atoms with Gasteiger partial charge in [0.1, 0.15) is 12.3 Å². The number of amides is 1. The van der Waals surface area contributed by atoms with Gasteiger partial charge in [0.05, 0.1) is 30.0 Å². The highest BCUT2D eigenvalue weighted by Crippen LogP contribution is 2.21. The van der Waals surface area contributed by atoms with E-state index in [1.165, 1.54) is 25.6 Å². The first-order valence-electron chi connectivity index (χ1n) is 9.96. The van der Waals surface area contributed by atoms with Crippen molar-refractivity contribution in [1.29, 1.82) is 0 Å². The minimum absolute atomic E-state index is 0.133. The highest BCUT2D eigenvalue weighted by atomic mass is 32.1. The Kier molecular flexibility index (Phi) is 6.50. The predicted molar refractivity (Wildman–Crippen MR) is 123 cm³/mol. The Morgan fingerprint density at radius 1 is 0.939 bits per heavy atom. The van der Waals surface area contributed by atoms with Gasteiger partial charge in [-0.05, 0) is 41.1 Å². The highest BCUT2D eigenvalue weighted by molar-refractivity contribution is 7.16. The number of benzene rings is 3. The zero-order chi connectivity index (χ0) is 23.4. The van der Waals surface area contributed by atoms with E-state index in [2.05, 4.69) is 4.99 Å². The van der Waals surface area contributed by atoms with Gasteiger partial charge in [-0.25, -0.2) is 4.79 Å². The topological polar surface area (TPSA) is 96.2 Å². The molecule has 0 unspecified atom stereocenters. The molecule has 3 aromatic carbocycles. The number of ether oxygens (including phenoxy) is 3. The van der Waals surface area contributed by atoms with Crippen molar-refractivity contribution >= 4 is 50.2 Å². The lowest BCUT2D eigenvalue weighted by atomic mass is 10.1. The Balaban J connectivity index is 1.63. The summed E-state index contributed by atoms with van der Waals surface area (Å²) in [6.45, 7) is -0.399. The van der Waals surface area contributed by atoms with Gasteiger partial charge in [0.15, 0.2) is 11.4 Å². The Morgan fingerprint density at radius 3 is 2.48 bits per heavy atom. The lowest BCUT2D eigenvalue weighted by molar-refractivity contribution is -0.141. The van der Waals surface area contributed by atoms with Crippen molar-refractivity contribution in [2.45, 2.75) is 6.54 Å². The van der Waals surface area contributed by atoms with E-state index >= 15 is 0 Å². The summed E-state index contributed by atoms with van der Waals surface area (Å²) < 4.78 is 17.4. The molecule has 0 radical (unpaired) electrons. The van der Waals surface area contributed by atoms with Gasteiger partial charge in [-0.1, -0.05) is 41.7 Å². The third-order valence-electron chi connectivity index (χ3n) is 4.92. The Morgan fingerprint density at radius 2 is 1.73 bits per heavy atom. The van der Waals surface area contributed by atoms with Crippen molar-refractivity contribution in [3.8, 4) is 5.75 Å². The number of aromatic nitrogens is 1. The lowest BCUT2D eigenvalue weighted by Crippen LogP contribution is -2.23. The summed E-state index contributed by atoms with van der Waals surface area (Å²) in [5, 5.41) is 2.07. The van der Waals surface area contributed by atoms with Gasteiger partial charge in [-0.2, -0.15) is 4.99 Å². The molecule has 8 nitrogen and oxygen atoms in total. The molecule has 0 fully saturated rings. The molecular formula is C24H20N2O6S. The van der Waals surface area contributed by atoms with Crippen LogP contribution in [0.5, 0.6) is 5.75 Å². The van der Waals surface area contributed by atoms with E-state index in [4.69, 9.17) is 14.2 Å². The number of carbonyl (C=O) groups excluding carboxylic acids is 3. The van der Waals surface area contributed by atoms with E-state index in [1.807, 2.05) is 36.4 Å². The van der Waals surface area contributed by atoms with Crippen LogP contribution in [-0.4, -0.2) is 43.2 Å². The molecule has 0 saturated heterocycles. The second kappa shape index (κ2) is 9.66. The van der Waals surface area contributed by atoms with E-state index < -0.39 is 17.8 Å². The smallest absolute Gasteiger partial charge is 0.337 e. The zero-order valence-corrected chi connectivity index (χ0v) is 18.8. The Bertz CT molecular complexity index is 1440. The maximum atomic E-state index is 12.6. The van der Waals surface area contributed by atoms with Crippen LogP contribution in [0.15, 0.2) is 65.7 Å². The standard InChI is InChI=1S/C24H20N2O6S/c1-30-22(28)13-26-19-10-8-17(23(29)31-2)12-20(19)33-24(26)25-21(27)14-32-18-9-7-15-5-3-4-6-16(15)11-18/h3-12H,13-14H2,1-2H3. The number of nitrogens with zero attached hydrogens (tertiary/aromatic N) is 2. The van der Waals surface area contributed by atoms with E-state index in [0.717, 1.165) is 10.8 Å². The first kappa shape index (κ1) is 22.2. The molecule has 1 heterocycles. The van der Waals surface area contributed by atoms with Crippen LogP contribution in [0.4, 0.5) is 0 Å². The highest BCUT2D eigenvalue weighted by Gasteiger charge is 2.14. The number of hydrogen-bond donors (Lipinski definition) is 0. The van der Waals surface area contributed by atoms with Gasteiger partial charge >= 0.3 is 11.9 Å². The molecule has 9 heteroatoms. The van der Waals surface area contributed by atoms with Crippen molar-refractivity contribution in [3.63, 3.8) is 0 Å². The summed E-state index contributed by atoms with van der Waals surface area (Å²) in [5.74, 6) is -0.934. The molecule has 0 aliphatic rings. The molecule has 0 aliphatic heterocycles. The van der Waals surface area contributed by atoms with Crippen LogP contribution < -0.4 is 9.54 Å². The summed E-state index contributed by atoms with van der Waals surface area (Å²) in [7, 11) is 2.58. The van der Waals surface area contributed by atoms with E-state index in [9.17, 15) is 14.4 Å². The van der Waals surface area contributed by atoms with Gasteiger partial charge in [0, 0.05) is 0 Å². The molecule has 0 bridgehead atoms. The second-order valence-electron chi connectivity index (χ2n) is 7.02. The molecule has 1 amide bonds. The summed E-state index contributed by atoms with van der Waals surface area (Å²) in [4.78, 5) is 40.8. The third kappa shape index (κ3) is 4.93. The molecule has 0 spiro atoms. The van der Waals surface area contributed by atoms with Crippen LogP contribution in [-0.2, 0) is 25.6 Å². The van der Waals surface area contributed by atoms with Crippen LogP contribution in [0.2, 0.25) is 0 Å². The Labute approximate surface area is 192 Å². The quantitative estimate of drug-likeness (QED) is 0.406. The average Bonchev–Trinajstić information content (AvgIpc) is 3.17. The van der Waals surface area contributed by atoms with E-state index in [1.54, 1.807) is 28.8 Å². The van der Waals surface area contributed by atoms with Crippen molar-refractivity contribution < 1.29 is 28.6 Å². The number of carbonyl (C=O) groups is 3. The van der Waals surface area contributed by atoms with Crippen molar-refractivity contribution in [1.82, 2.24) is 4.57 Å². The number of esters is 2. The third-order valence-corrected chi connectivity index (χ3v) is 5.96. The first-order valence-corrected chi connectivity index (χ1v) is 10.8. The van der Waals surface area contributed by atoms with Gasteiger partial charge in [-0.15, -0.1) is 0 Å². The van der Waals surface area contributed by atoms with Gasteiger partial charge < -0.3 is 18.8 Å². The molecule has 4 aromatic rings. The minimum Gasteiger partial charge on any atom is -0.484 e. The molecule has 0 saturated carbocycles. The number of thiazole rings is 1. The maximum Gasteiger partial charge on any atom is 0.337 e. The van der Waals surface area contributed by atoms with Gasteiger partial charge in [0.2, 0.25) is 0 Å². The summed E-state index contributed by atoms with van der Waals surface area (Å²) in [6.07, 6.45) is 0. The van der Waals surface area contributed by atoms with Crippen LogP contribution in [0, 0.1) is 0 Å². The van der Waals surface area contributed by atoms with Crippen molar-refractivity contribution in [2.24, 2.45) is 4.99 Å². The Hall–Kier alpha value is -3.98. The van der Waals surface area contributed by atoms with E-state index in [-0.39, 0.29) is 13.2 Å². The monoisotopic (exact) mass is 464 g/mol. The molecule has 1 aromatic heterocycles. The molecule has 0 aliphatic carbocycles. The van der Waals surface area contributed by atoms with Crippen LogP contribution in [0.3, 0.4) is 0 Å². The number of hydrogen-bond acceptors (Lipinski definition) is 7. The average molecular weight is 464 g/mol. The minimum atomic E-state index is -0.512. The fourth-order valence-electron chi connectivity index (χ4n) is 3.29. The summed E-state index contributed by atoms with van der Waals surface area (Å²) >= 11 is 1.17. The van der Waals surface area contributed by atoms with Gasteiger partial charge in [-0.3, -0.25) is 9.59 Å². The summed E-state index contributed by atoms with van der Waals surface area (Å²) in [6, 6.07) is 18.3. The molecule has 0 atom stereocenters. The van der Waals surface area contributed by atoms with Crippen LogP contribution in [0.1, 0.15) is 10.4 Å². The fraction of sp³-hybridized carbons (Fsp3) is 0.167. The number of fused-ring (bicyclic) bond motifs is 2. The normalized spacial score (nSPS) is 11.5. The molecule has 0 N–H and O–H groups in total. The van der Waals surface area contributed by atoms with E-state index in [0.29, 0.717) is 26.3 Å². The SMILES string of the molecule is COC(=O)Cn1c(=NC(=O)COc2ccc3ccccc3c2)sc2cc(C(=O)OC)ccc21. The molecule has 33 heavy (non-hydrogen) atoms. The number of methoxy groups -OCH3 is 2. The maximum absolute atomic E-state index is 12.6. The first-order chi connectivity index (χ1) is 16.0. The molecule has 168 valence electrons. The lowest BCUT2D eigenvalue weighted by Gasteiger charge is -2.06. The largest absolute Gasteiger partial charge is 0.484 e. The van der Waals surface area contributed by atoms with Crippen molar-refractivity contribution in [3.05, 3.63) is 71.0 Å². The van der Waals surface area contributed by atoms with Crippen LogP contribution in [0.25, 0.3) is 21.0 Å². The zero-order valence-electron chi connectivity index (χ0n) is 17.9. The van der Waals surface area contributed by atoms with Gasteiger partial charge in [0.25, 0.3) is 5.91 Å². The molecule has 4 rings (SSSR count). The second-order valence-corrected chi connectivity index (χ2v) is 8.03. The fourth-order valence-corrected chi connectivity index (χ4v) is 4.38. The number of rotatable bonds is 6. The van der Waals surface area contributed by atoms with Crippen LogP contribution >= 0.6 is 11.3 Å².